The highest BCUT2D eigenvalue weighted by Crippen LogP contribution is 2.18. The molecule has 3 aromatic rings. The maximum absolute atomic E-state index is 12.5. The van der Waals surface area contributed by atoms with Crippen LogP contribution in [-0.4, -0.2) is 30.7 Å². The first kappa shape index (κ1) is 23.1. The third kappa shape index (κ3) is 5.78. The number of pyridine rings is 1. The van der Waals surface area contributed by atoms with Crippen LogP contribution in [0.25, 0.3) is 0 Å². The topological polar surface area (TPSA) is 66.8 Å². The van der Waals surface area contributed by atoms with Crippen molar-refractivity contribution in [1.29, 1.82) is 0 Å². The molecule has 1 aromatic heterocycles. The number of ether oxygens (including phenoxy) is 3. The largest absolute Gasteiger partial charge is 0.497 e. The van der Waals surface area contributed by atoms with Crippen molar-refractivity contribution in [2.75, 3.05) is 20.3 Å². The molecule has 0 saturated heterocycles. The zero-order valence-corrected chi connectivity index (χ0v) is 19.0. The summed E-state index contributed by atoms with van der Waals surface area (Å²) < 4.78 is 18.4. The number of ketones is 1. The molecule has 0 saturated carbocycles. The van der Waals surface area contributed by atoms with E-state index in [-0.39, 0.29) is 23.6 Å². The lowest BCUT2D eigenvalue weighted by Crippen LogP contribution is -2.20. The Labute approximate surface area is 188 Å². The number of hydrogen-bond donors (Lipinski definition) is 0. The van der Waals surface area contributed by atoms with E-state index in [0.717, 1.165) is 11.5 Å². The molecule has 0 atom stereocenters. The molecule has 0 unspecified atom stereocenters. The molecule has 0 amide bonds. The van der Waals surface area contributed by atoms with Gasteiger partial charge in [-0.2, -0.15) is 0 Å². The summed E-state index contributed by atoms with van der Waals surface area (Å²) in [4.78, 5) is 24.8. The van der Waals surface area contributed by atoms with E-state index in [2.05, 4.69) is 13.8 Å². The lowest BCUT2D eigenvalue weighted by Gasteiger charge is -2.15. The van der Waals surface area contributed by atoms with E-state index < -0.39 is 0 Å². The highest BCUT2D eigenvalue weighted by atomic mass is 16.5. The van der Waals surface area contributed by atoms with Crippen molar-refractivity contribution < 1.29 is 19.0 Å². The second kappa shape index (κ2) is 10.7. The fourth-order valence-corrected chi connectivity index (χ4v) is 3.28. The van der Waals surface area contributed by atoms with E-state index in [0.29, 0.717) is 30.3 Å². The van der Waals surface area contributed by atoms with Gasteiger partial charge in [-0.3, -0.25) is 9.59 Å². The van der Waals surface area contributed by atoms with Crippen LogP contribution in [0.4, 0.5) is 0 Å². The summed E-state index contributed by atoms with van der Waals surface area (Å²) in [5.74, 6) is 1.91. The average Bonchev–Trinajstić information content (AvgIpc) is 2.80. The summed E-state index contributed by atoms with van der Waals surface area (Å²) >= 11 is 0. The van der Waals surface area contributed by atoms with Gasteiger partial charge in [-0.05, 0) is 42.7 Å². The Morgan fingerprint density at radius 3 is 2.22 bits per heavy atom. The summed E-state index contributed by atoms with van der Waals surface area (Å²) in [6, 6.07) is 16.3. The van der Waals surface area contributed by atoms with Gasteiger partial charge in [0.25, 0.3) is 0 Å². The van der Waals surface area contributed by atoms with Crippen LogP contribution in [0, 0.1) is 6.92 Å². The molecule has 3 rings (SSSR count). The van der Waals surface area contributed by atoms with Crippen molar-refractivity contribution in [3.05, 3.63) is 87.8 Å². The Hall–Kier alpha value is -3.54. The molecule has 0 spiro atoms. The number of carbonyl (C=O) groups excluding carboxylic acids is 1. The van der Waals surface area contributed by atoms with Crippen molar-refractivity contribution in [1.82, 2.24) is 4.57 Å². The van der Waals surface area contributed by atoms with E-state index >= 15 is 0 Å². The van der Waals surface area contributed by atoms with Crippen LogP contribution in [0.5, 0.6) is 17.2 Å². The Kier molecular flexibility index (Phi) is 7.71. The Morgan fingerprint density at radius 2 is 1.59 bits per heavy atom. The van der Waals surface area contributed by atoms with Crippen LogP contribution in [0.1, 0.15) is 41.4 Å². The van der Waals surface area contributed by atoms with Crippen LogP contribution in [0.2, 0.25) is 0 Å². The lowest BCUT2D eigenvalue weighted by atomic mass is 10.0. The highest BCUT2D eigenvalue weighted by Gasteiger charge is 2.13. The minimum Gasteiger partial charge on any atom is -0.497 e. The van der Waals surface area contributed by atoms with Gasteiger partial charge >= 0.3 is 0 Å². The first-order valence-electron chi connectivity index (χ1n) is 10.6. The quantitative estimate of drug-likeness (QED) is 0.435. The minimum absolute atomic E-state index is 0.169. The molecule has 32 heavy (non-hydrogen) atoms. The van der Waals surface area contributed by atoms with Crippen molar-refractivity contribution >= 4 is 5.78 Å². The van der Waals surface area contributed by atoms with Crippen molar-refractivity contribution in [3.63, 3.8) is 0 Å². The first-order valence-corrected chi connectivity index (χ1v) is 10.6. The van der Waals surface area contributed by atoms with Crippen molar-refractivity contribution in [2.24, 2.45) is 0 Å². The summed E-state index contributed by atoms with van der Waals surface area (Å²) in [5.41, 5.74) is 2.13. The maximum Gasteiger partial charge on any atom is 0.223 e. The fourth-order valence-electron chi connectivity index (χ4n) is 3.28. The second-order valence-electron chi connectivity index (χ2n) is 7.80. The van der Waals surface area contributed by atoms with Gasteiger partial charge in [-0.25, -0.2) is 0 Å². The molecule has 0 aliphatic carbocycles. The third-order valence-corrected chi connectivity index (χ3v) is 5.30. The molecule has 0 bridgehead atoms. The van der Waals surface area contributed by atoms with Crippen LogP contribution in [0.15, 0.2) is 65.6 Å². The van der Waals surface area contributed by atoms with Crippen LogP contribution < -0.4 is 19.6 Å². The third-order valence-electron chi connectivity index (χ3n) is 5.30. The molecule has 0 radical (unpaired) electrons. The highest BCUT2D eigenvalue weighted by molar-refractivity contribution is 5.97. The number of Topliss-reactive ketones (excluding diaryl/α,β-unsaturated/α-hetero) is 1. The van der Waals surface area contributed by atoms with Crippen molar-refractivity contribution in [2.45, 2.75) is 33.2 Å². The number of aromatic nitrogens is 1. The molecule has 2 aromatic carbocycles. The predicted octanol–water partition coefficient (Wildman–Crippen LogP) is 4.63. The van der Waals surface area contributed by atoms with Crippen LogP contribution in [0.3, 0.4) is 0 Å². The summed E-state index contributed by atoms with van der Waals surface area (Å²) in [5, 5.41) is 0. The minimum atomic E-state index is -0.252. The van der Waals surface area contributed by atoms with Gasteiger partial charge in [0.15, 0.2) is 18.1 Å². The lowest BCUT2D eigenvalue weighted by molar-refractivity contribution is 0.0919. The van der Waals surface area contributed by atoms with Gasteiger partial charge in [0.05, 0.1) is 19.3 Å². The Morgan fingerprint density at radius 1 is 0.938 bits per heavy atom. The van der Waals surface area contributed by atoms with E-state index in [1.165, 1.54) is 11.6 Å². The van der Waals surface area contributed by atoms with Crippen LogP contribution in [-0.2, 0) is 6.54 Å². The average molecular weight is 436 g/mol. The molecular formula is C26H29NO5. The first-order chi connectivity index (χ1) is 15.4. The number of hydrogen-bond acceptors (Lipinski definition) is 5. The van der Waals surface area contributed by atoms with E-state index in [1.807, 2.05) is 41.0 Å². The van der Waals surface area contributed by atoms with Gasteiger partial charge in [0.2, 0.25) is 5.43 Å². The normalized spacial score (nSPS) is 10.8. The molecule has 1 heterocycles. The molecule has 168 valence electrons. The van der Waals surface area contributed by atoms with E-state index in [4.69, 9.17) is 14.2 Å². The fraction of sp³-hybridized carbons (Fsp3) is 0.308. The predicted molar refractivity (Wildman–Crippen MR) is 124 cm³/mol. The number of nitrogens with zero attached hydrogens (tertiary/aromatic N) is 1. The molecule has 0 aliphatic heterocycles. The summed E-state index contributed by atoms with van der Waals surface area (Å²) in [6.07, 6.45) is 1.70. The van der Waals surface area contributed by atoms with E-state index in [9.17, 15) is 9.59 Å². The monoisotopic (exact) mass is 435 g/mol. The zero-order chi connectivity index (χ0) is 23.1. The molecule has 0 N–H and O–H groups in total. The zero-order valence-electron chi connectivity index (χ0n) is 19.0. The molecule has 0 fully saturated rings. The number of carbonyl (C=O) groups is 1. The van der Waals surface area contributed by atoms with Gasteiger partial charge in [0, 0.05) is 17.8 Å². The smallest absolute Gasteiger partial charge is 0.223 e. The summed E-state index contributed by atoms with van der Waals surface area (Å²) in [6.45, 7) is 6.75. The number of rotatable bonds is 10. The van der Waals surface area contributed by atoms with Gasteiger partial charge in [-0.1, -0.05) is 38.1 Å². The Bertz CT molecular complexity index is 1100. The van der Waals surface area contributed by atoms with Gasteiger partial charge < -0.3 is 18.8 Å². The van der Waals surface area contributed by atoms with Crippen molar-refractivity contribution in [3.8, 4) is 17.2 Å². The molecule has 6 nitrogen and oxygen atoms in total. The van der Waals surface area contributed by atoms with Crippen LogP contribution >= 0.6 is 0 Å². The number of methoxy groups -OCH3 is 1. The maximum atomic E-state index is 12.5. The van der Waals surface area contributed by atoms with Gasteiger partial charge in [-0.15, -0.1) is 0 Å². The van der Waals surface area contributed by atoms with Gasteiger partial charge in [0.1, 0.15) is 18.1 Å². The standard InChI is InChI=1S/C26H29NO5/c1-18(2)20-5-7-21(8-6-20)25(29)17-32-26-19(3)27(14-13-24(26)28)15-16-31-23-11-9-22(30-4)10-12-23/h5-14,18H,15-17H2,1-4H3. The second-order valence-corrected chi connectivity index (χ2v) is 7.80. The Balaban J connectivity index is 1.61. The molecule has 0 aliphatic rings. The number of benzene rings is 2. The summed E-state index contributed by atoms with van der Waals surface area (Å²) in [7, 11) is 1.62. The SMILES string of the molecule is COc1ccc(OCCn2ccc(=O)c(OCC(=O)c3ccc(C(C)C)cc3)c2C)cc1. The van der Waals surface area contributed by atoms with E-state index in [1.54, 1.807) is 32.4 Å². The molecular weight excluding hydrogens is 406 g/mol. The molecule has 6 heteroatoms.